The van der Waals surface area contributed by atoms with Crippen molar-refractivity contribution in [2.75, 3.05) is 19.7 Å². The first-order chi connectivity index (χ1) is 7.90. The summed E-state index contributed by atoms with van der Waals surface area (Å²) in [6.45, 7) is 11.0. The first-order valence-electron chi connectivity index (χ1n) is 6.78. The van der Waals surface area contributed by atoms with E-state index in [0.29, 0.717) is 6.61 Å². The zero-order valence-electron chi connectivity index (χ0n) is 11.8. The summed E-state index contributed by atoms with van der Waals surface area (Å²) in [5.74, 6) is 0.0192. The summed E-state index contributed by atoms with van der Waals surface area (Å²) >= 11 is 0. The van der Waals surface area contributed by atoms with Gasteiger partial charge in [-0.25, -0.2) is 0 Å². The minimum atomic E-state index is -0.219. The maximum absolute atomic E-state index is 12.2. The predicted octanol–water partition coefficient (Wildman–Crippen LogP) is 2.75. The predicted molar refractivity (Wildman–Crippen MR) is 69.9 cm³/mol. The standard InChI is InChI=1S/C14H27NO2/c1-5-14(6-9-15-10-7-14)12(16)17-11-8-13(2,3)4/h15H,5-11H2,1-4H3. The van der Waals surface area contributed by atoms with Crippen molar-refractivity contribution in [1.29, 1.82) is 0 Å². The highest BCUT2D eigenvalue weighted by atomic mass is 16.5. The molecular formula is C14H27NO2. The minimum absolute atomic E-state index is 0.0192. The number of nitrogens with one attached hydrogen (secondary N) is 1. The Balaban J connectivity index is 2.44. The molecule has 0 saturated carbocycles. The van der Waals surface area contributed by atoms with Crippen LogP contribution in [0.3, 0.4) is 0 Å². The molecule has 3 nitrogen and oxygen atoms in total. The fourth-order valence-corrected chi connectivity index (χ4v) is 2.21. The molecule has 1 rings (SSSR count). The van der Waals surface area contributed by atoms with Gasteiger partial charge in [0.15, 0.2) is 0 Å². The lowest BCUT2D eigenvalue weighted by Crippen LogP contribution is -2.42. The molecule has 1 saturated heterocycles. The number of hydrogen-bond acceptors (Lipinski definition) is 3. The second-order valence-electron chi connectivity index (χ2n) is 6.33. The number of carbonyl (C=O) groups excluding carboxylic acids is 1. The average molecular weight is 241 g/mol. The van der Waals surface area contributed by atoms with Crippen LogP contribution in [0.2, 0.25) is 0 Å². The second kappa shape index (κ2) is 5.85. The molecule has 0 atom stereocenters. The Morgan fingerprint density at radius 2 is 1.88 bits per heavy atom. The average Bonchev–Trinajstić information content (AvgIpc) is 2.28. The lowest BCUT2D eigenvalue weighted by Gasteiger charge is -2.34. The lowest BCUT2D eigenvalue weighted by atomic mass is 9.77. The third-order valence-corrected chi connectivity index (χ3v) is 3.76. The van der Waals surface area contributed by atoms with Crippen LogP contribution in [0.25, 0.3) is 0 Å². The van der Waals surface area contributed by atoms with Gasteiger partial charge in [0.05, 0.1) is 12.0 Å². The number of carbonyl (C=O) groups is 1. The van der Waals surface area contributed by atoms with Crippen molar-refractivity contribution in [3.63, 3.8) is 0 Å². The van der Waals surface area contributed by atoms with E-state index >= 15 is 0 Å². The summed E-state index contributed by atoms with van der Waals surface area (Å²) in [6, 6.07) is 0. The lowest BCUT2D eigenvalue weighted by molar-refractivity contribution is -0.158. The van der Waals surface area contributed by atoms with Gasteiger partial charge in [0.2, 0.25) is 0 Å². The summed E-state index contributed by atoms with van der Waals surface area (Å²) in [5.41, 5.74) is 0.0108. The molecule has 0 radical (unpaired) electrons. The fraction of sp³-hybridized carbons (Fsp3) is 0.929. The quantitative estimate of drug-likeness (QED) is 0.769. The number of hydrogen-bond donors (Lipinski definition) is 1. The summed E-state index contributed by atoms with van der Waals surface area (Å²) in [7, 11) is 0. The molecule has 0 aromatic carbocycles. The van der Waals surface area contributed by atoms with Gasteiger partial charge in [-0.15, -0.1) is 0 Å². The molecule has 0 amide bonds. The Bertz CT molecular complexity index is 249. The molecule has 0 aromatic heterocycles. The van der Waals surface area contributed by atoms with Crippen LogP contribution < -0.4 is 5.32 Å². The van der Waals surface area contributed by atoms with Crippen LogP contribution in [0, 0.1) is 10.8 Å². The monoisotopic (exact) mass is 241 g/mol. The Hall–Kier alpha value is -0.570. The maximum atomic E-state index is 12.2. The Kier molecular flexibility index (Phi) is 4.99. The van der Waals surface area contributed by atoms with Crippen molar-refractivity contribution >= 4 is 5.97 Å². The van der Waals surface area contributed by atoms with Crippen LogP contribution in [-0.2, 0) is 9.53 Å². The highest BCUT2D eigenvalue weighted by Crippen LogP contribution is 2.34. The zero-order chi connectivity index (χ0) is 12.9. The van der Waals surface area contributed by atoms with Crippen molar-refractivity contribution < 1.29 is 9.53 Å². The van der Waals surface area contributed by atoms with Crippen molar-refractivity contribution in [3.05, 3.63) is 0 Å². The van der Waals surface area contributed by atoms with E-state index in [1.807, 2.05) is 0 Å². The molecule has 100 valence electrons. The van der Waals surface area contributed by atoms with Gasteiger partial charge in [-0.1, -0.05) is 27.7 Å². The second-order valence-corrected chi connectivity index (χ2v) is 6.33. The van der Waals surface area contributed by atoms with Crippen LogP contribution in [0.15, 0.2) is 0 Å². The van der Waals surface area contributed by atoms with Crippen molar-refractivity contribution in [3.8, 4) is 0 Å². The van der Waals surface area contributed by atoms with Crippen molar-refractivity contribution in [2.24, 2.45) is 10.8 Å². The molecule has 0 spiro atoms. The van der Waals surface area contributed by atoms with Gasteiger partial charge in [0.1, 0.15) is 0 Å². The highest BCUT2D eigenvalue weighted by Gasteiger charge is 2.39. The number of esters is 1. The van der Waals surface area contributed by atoms with Crippen LogP contribution in [0.1, 0.15) is 53.4 Å². The molecule has 0 bridgehead atoms. The summed E-state index contributed by atoms with van der Waals surface area (Å²) in [6.07, 6.45) is 3.65. The molecule has 0 unspecified atom stereocenters. The summed E-state index contributed by atoms with van der Waals surface area (Å²) in [4.78, 5) is 12.2. The van der Waals surface area contributed by atoms with Gasteiger partial charge in [-0.05, 0) is 44.2 Å². The van der Waals surface area contributed by atoms with E-state index in [-0.39, 0.29) is 16.8 Å². The first-order valence-corrected chi connectivity index (χ1v) is 6.78. The third-order valence-electron chi connectivity index (χ3n) is 3.76. The fourth-order valence-electron chi connectivity index (χ4n) is 2.21. The van der Waals surface area contributed by atoms with Crippen molar-refractivity contribution in [2.45, 2.75) is 53.4 Å². The molecule has 3 heteroatoms. The molecule has 17 heavy (non-hydrogen) atoms. The zero-order valence-corrected chi connectivity index (χ0v) is 11.8. The van der Waals surface area contributed by atoms with Gasteiger partial charge in [0.25, 0.3) is 0 Å². The molecular weight excluding hydrogens is 214 g/mol. The van der Waals surface area contributed by atoms with E-state index in [1.165, 1.54) is 0 Å². The molecule has 1 heterocycles. The van der Waals surface area contributed by atoms with Crippen molar-refractivity contribution in [1.82, 2.24) is 5.32 Å². The van der Waals surface area contributed by atoms with Gasteiger partial charge in [-0.2, -0.15) is 0 Å². The topological polar surface area (TPSA) is 38.3 Å². The third kappa shape index (κ3) is 4.30. The Morgan fingerprint density at radius 3 is 2.35 bits per heavy atom. The molecule has 0 aliphatic carbocycles. The smallest absolute Gasteiger partial charge is 0.312 e. The van der Waals surface area contributed by atoms with Gasteiger partial charge in [0, 0.05) is 0 Å². The SMILES string of the molecule is CCC1(C(=O)OCCC(C)(C)C)CCNCC1. The van der Waals surface area contributed by atoms with Gasteiger partial charge in [-0.3, -0.25) is 4.79 Å². The van der Waals surface area contributed by atoms with E-state index in [4.69, 9.17) is 4.74 Å². The van der Waals surface area contributed by atoms with E-state index in [2.05, 4.69) is 33.0 Å². The number of rotatable bonds is 4. The van der Waals surface area contributed by atoms with Crippen LogP contribution in [0.4, 0.5) is 0 Å². The van der Waals surface area contributed by atoms with E-state index in [0.717, 1.165) is 38.8 Å². The normalized spacial score (nSPS) is 20.0. The van der Waals surface area contributed by atoms with E-state index in [1.54, 1.807) is 0 Å². The number of piperidine rings is 1. The molecule has 0 aromatic rings. The summed E-state index contributed by atoms with van der Waals surface area (Å²) < 4.78 is 5.49. The Morgan fingerprint density at radius 1 is 1.29 bits per heavy atom. The maximum Gasteiger partial charge on any atom is 0.312 e. The van der Waals surface area contributed by atoms with Crippen LogP contribution in [-0.4, -0.2) is 25.7 Å². The molecule has 1 aliphatic rings. The van der Waals surface area contributed by atoms with E-state index in [9.17, 15) is 4.79 Å². The highest BCUT2D eigenvalue weighted by molar-refractivity contribution is 5.77. The largest absolute Gasteiger partial charge is 0.465 e. The molecule has 1 fully saturated rings. The molecule has 1 N–H and O–H groups in total. The van der Waals surface area contributed by atoms with Crippen LogP contribution >= 0.6 is 0 Å². The minimum Gasteiger partial charge on any atom is -0.465 e. The summed E-state index contributed by atoms with van der Waals surface area (Å²) in [5, 5.41) is 3.30. The van der Waals surface area contributed by atoms with Crippen LogP contribution in [0.5, 0.6) is 0 Å². The van der Waals surface area contributed by atoms with E-state index < -0.39 is 0 Å². The number of ether oxygens (including phenoxy) is 1. The van der Waals surface area contributed by atoms with Gasteiger partial charge >= 0.3 is 5.97 Å². The van der Waals surface area contributed by atoms with Gasteiger partial charge < -0.3 is 10.1 Å². The Labute approximate surface area is 105 Å². The molecule has 1 aliphatic heterocycles. The first kappa shape index (κ1) is 14.5.